The van der Waals surface area contributed by atoms with Crippen LogP contribution in [-0.4, -0.2) is 9.79 Å². The molecule has 0 saturated carbocycles. The predicted molar refractivity (Wildman–Crippen MR) is 93.7 cm³/mol. The third kappa shape index (κ3) is 3.27. The predicted octanol–water partition coefficient (Wildman–Crippen LogP) is 4.13. The van der Waals surface area contributed by atoms with Crippen molar-refractivity contribution >= 4 is 12.9 Å². The number of rotatable bonds is 3. The van der Waals surface area contributed by atoms with Gasteiger partial charge in [0.1, 0.15) is 0 Å². The van der Waals surface area contributed by atoms with E-state index in [1.807, 2.05) is 73.7 Å². The summed E-state index contributed by atoms with van der Waals surface area (Å²) in [6.07, 6.45) is 0. The van der Waals surface area contributed by atoms with Gasteiger partial charge in [-0.2, -0.15) is 0 Å². The Morgan fingerprint density at radius 3 is 1.78 bits per heavy atom. The van der Waals surface area contributed by atoms with E-state index in [0.29, 0.717) is 5.56 Å². The summed E-state index contributed by atoms with van der Waals surface area (Å²) in [6, 6.07) is 22.5. The van der Waals surface area contributed by atoms with Crippen molar-refractivity contribution in [3.05, 3.63) is 78.4 Å². The molecular formula is C19H17O3P. The summed E-state index contributed by atoms with van der Waals surface area (Å²) < 4.78 is 12.1. The summed E-state index contributed by atoms with van der Waals surface area (Å²) in [7, 11) is -4.40. The van der Waals surface area contributed by atoms with Gasteiger partial charge < -0.3 is 9.79 Å². The van der Waals surface area contributed by atoms with E-state index < -0.39 is 7.60 Å². The molecule has 2 N–H and O–H groups in total. The van der Waals surface area contributed by atoms with Crippen molar-refractivity contribution in [2.45, 2.75) is 6.92 Å². The van der Waals surface area contributed by atoms with Crippen LogP contribution in [0, 0.1) is 6.92 Å². The van der Waals surface area contributed by atoms with E-state index in [9.17, 15) is 14.4 Å². The highest BCUT2D eigenvalue weighted by molar-refractivity contribution is 7.60. The lowest BCUT2D eigenvalue weighted by atomic mass is 9.95. The van der Waals surface area contributed by atoms with Gasteiger partial charge >= 0.3 is 7.60 Å². The Bertz CT molecular complexity index is 868. The first-order valence-corrected chi connectivity index (χ1v) is 8.89. The molecule has 4 heteroatoms. The molecule has 0 bridgehead atoms. The monoisotopic (exact) mass is 324 g/mol. The molecule has 0 unspecified atom stereocenters. The van der Waals surface area contributed by atoms with Gasteiger partial charge in [-0.3, -0.25) is 4.57 Å². The first-order valence-electron chi connectivity index (χ1n) is 7.28. The Kier molecular flexibility index (Phi) is 4.18. The molecule has 0 aliphatic rings. The summed E-state index contributed by atoms with van der Waals surface area (Å²) in [5, 5.41) is 0.0718. The Labute approximate surface area is 135 Å². The van der Waals surface area contributed by atoms with Crippen LogP contribution in [0.15, 0.2) is 72.8 Å². The minimum atomic E-state index is -4.40. The summed E-state index contributed by atoms with van der Waals surface area (Å²) in [4.78, 5) is 19.7. The lowest BCUT2D eigenvalue weighted by Crippen LogP contribution is -2.10. The number of aryl methyl sites for hydroxylation is 1. The smallest absolute Gasteiger partial charge is 0.321 e. The number of hydrogen-bond acceptors (Lipinski definition) is 1. The summed E-state index contributed by atoms with van der Waals surface area (Å²) in [6.45, 7) is 1.88. The van der Waals surface area contributed by atoms with Crippen LogP contribution in [0.25, 0.3) is 22.3 Å². The van der Waals surface area contributed by atoms with Crippen molar-refractivity contribution in [3.8, 4) is 22.3 Å². The molecule has 3 aromatic rings. The van der Waals surface area contributed by atoms with Crippen LogP contribution in [0.2, 0.25) is 0 Å². The van der Waals surface area contributed by atoms with Crippen LogP contribution < -0.4 is 5.30 Å². The quantitative estimate of drug-likeness (QED) is 0.712. The average molecular weight is 324 g/mol. The zero-order valence-corrected chi connectivity index (χ0v) is 13.6. The molecular weight excluding hydrogens is 307 g/mol. The summed E-state index contributed by atoms with van der Waals surface area (Å²) >= 11 is 0. The van der Waals surface area contributed by atoms with Gasteiger partial charge in [0.2, 0.25) is 0 Å². The van der Waals surface area contributed by atoms with Crippen LogP contribution >= 0.6 is 7.60 Å². The minimum absolute atomic E-state index is 0.0718. The standard InChI is InChI=1S/C19H17O3P/c1-14-12-17(15-8-4-2-5-9-15)13-18(23(20,21)22)19(14)16-10-6-3-7-11-16/h2-13H,1H3,(H2,20,21,22). The van der Waals surface area contributed by atoms with E-state index in [-0.39, 0.29) is 5.30 Å². The zero-order valence-electron chi connectivity index (χ0n) is 12.7. The molecule has 0 heterocycles. The van der Waals surface area contributed by atoms with Gasteiger partial charge in [-0.15, -0.1) is 0 Å². The van der Waals surface area contributed by atoms with E-state index in [1.165, 1.54) is 0 Å². The van der Waals surface area contributed by atoms with Crippen molar-refractivity contribution < 1.29 is 14.4 Å². The van der Waals surface area contributed by atoms with Gasteiger partial charge in [-0.05, 0) is 35.2 Å². The zero-order chi connectivity index (χ0) is 16.4. The van der Waals surface area contributed by atoms with Gasteiger partial charge in [0, 0.05) is 5.56 Å². The molecule has 23 heavy (non-hydrogen) atoms. The topological polar surface area (TPSA) is 57.5 Å². The number of hydrogen-bond donors (Lipinski definition) is 2. The van der Waals surface area contributed by atoms with E-state index in [0.717, 1.165) is 22.3 Å². The molecule has 0 atom stereocenters. The Balaban J connectivity index is 2.28. The fraction of sp³-hybridized carbons (Fsp3) is 0.0526. The Morgan fingerprint density at radius 1 is 0.739 bits per heavy atom. The van der Waals surface area contributed by atoms with Crippen molar-refractivity contribution in [2.75, 3.05) is 0 Å². The maximum Gasteiger partial charge on any atom is 0.356 e. The second-order valence-electron chi connectivity index (χ2n) is 5.46. The molecule has 116 valence electrons. The van der Waals surface area contributed by atoms with E-state index in [4.69, 9.17) is 0 Å². The first kappa shape index (κ1) is 15.7. The lowest BCUT2D eigenvalue weighted by molar-refractivity contribution is 0.387. The highest BCUT2D eigenvalue weighted by Crippen LogP contribution is 2.41. The van der Waals surface area contributed by atoms with Crippen molar-refractivity contribution in [3.63, 3.8) is 0 Å². The van der Waals surface area contributed by atoms with Crippen molar-refractivity contribution in [1.29, 1.82) is 0 Å². The second kappa shape index (κ2) is 6.13. The molecule has 3 nitrogen and oxygen atoms in total. The van der Waals surface area contributed by atoms with Crippen LogP contribution in [0.4, 0.5) is 0 Å². The highest BCUT2D eigenvalue weighted by atomic mass is 31.2. The average Bonchev–Trinajstić information content (AvgIpc) is 2.55. The van der Waals surface area contributed by atoms with E-state index in [2.05, 4.69) is 0 Å². The molecule has 3 rings (SSSR count). The van der Waals surface area contributed by atoms with Crippen LogP contribution in [-0.2, 0) is 4.57 Å². The van der Waals surface area contributed by atoms with Crippen molar-refractivity contribution in [2.24, 2.45) is 0 Å². The van der Waals surface area contributed by atoms with Gasteiger partial charge in [0.15, 0.2) is 0 Å². The third-order valence-corrected chi connectivity index (χ3v) is 4.78. The molecule has 3 aromatic carbocycles. The van der Waals surface area contributed by atoms with Gasteiger partial charge in [0.05, 0.1) is 5.30 Å². The molecule has 0 saturated heterocycles. The van der Waals surface area contributed by atoms with E-state index >= 15 is 0 Å². The summed E-state index contributed by atoms with van der Waals surface area (Å²) in [5.41, 5.74) is 4.00. The fourth-order valence-electron chi connectivity index (χ4n) is 2.78. The van der Waals surface area contributed by atoms with Crippen LogP contribution in [0.3, 0.4) is 0 Å². The molecule has 0 fully saturated rings. The third-order valence-electron chi connectivity index (χ3n) is 3.80. The fourth-order valence-corrected chi connectivity index (χ4v) is 3.68. The van der Waals surface area contributed by atoms with Gasteiger partial charge in [-0.1, -0.05) is 66.7 Å². The van der Waals surface area contributed by atoms with E-state index in [1.54, 1.807) is 6.07 Å². The minimum Gasteiger partial charge on any atom is -0.321 e. The van der Waals surface area contributed by atoms with Crippen LogP contribution in [0.5, 0.6) is 0 Å². The molecule has 0 aliphatic carbocycles. The molecule has 0 spiro atoms. The van der Waals surface area contributed by atoms with Gasteiger partial charge in [0.25, 0.3) is 0 Å². The van der Waals surface area contributed by atoms with Crippen LogP contribution in [0.1, 0.15) is 5.56 Å². The first-order chi connectivity index (χ1) is 11.0. The lowest BCUT2D eigenvalue weighted by Gasteiger charge is -2.16. The van der Waals surface area contributed by atoms with Crippen molar-refractivity contribution in [1.82, 2.24) is 0 Å². The summed E-state index contributed by atoms with van der Waals surface area (Å²) in [5.74, 6) is 0. The Morgan fingerprint density at radius 2 is 1.26 bits per heavy atom. The molecule has 0 radical (unpaired) electrons. The van der Waals surface area contributed by atoms with Gasteiger partial charge in [-0.25, -0.2) is 0 Å². The molecule has 0 amide bonds. The highest BCUT2D eigenvalue weighted by Gasteiger charge is 2.24. The Hall–Kier alpha value is -2.19. The largest absolute Gasteiger partial charge is 0.356 e. The maximum absolute atomic E-state index is 12.1. The SMILES string of the molecule is Cc1cc(-c2ccccc2)cc(P(=O)(O)O)c1-c1ccccc1. The second-order valence-corrected chi connectivity index (χ2v) is 7.03. The molecule has 0 aliphatic heterocycles. The number of benzene rings is 3. The molecule has 0 aromatic heterocycles. The normalized spacial score (nSPS) is 11.4. The maximum atomic E-state index is 12.1.